The zero-order chi connectivity index (χ0) is 46.5. The second-order valence-electron chi connectivity index (χ2n) is 18.9. The van der Waals surface area contributed by atoms with Gasteiger partial charge in [-0.3, -0.25) is 9.59 Å². The molecule has 0 aliphatic heterocycles. The van der Waals surface area contributed by atoms with Crippen molar-refractivity contribution in [3.8, 4) is 0 Å². The average molecular weight is 898 g/mol. The predicted octanol–water partition coefficient (Wildman–Crippen LogP) is 17.0. The Kier molecular flexibility index (Phi) is 51.6. The van der Waals surface area contributed by atoms with E-state index in [1.807, 2.05) is 6.08 Å². The van der Waals surface area contributed by atoms with Crippen LogP contribution in [0.5, 0.6) is 0 Å². The molecular formula is C58H107NO5. The summed E-state index contributed by atoms with van der Waals surface area (Å²) in [4.78, 5) is 24.5. The van der Waals surface area contributed by atoms with Gasteiger partial charge in [0.25, 0.3) is 0 Å². The van der Waals surface area contributed by atoms with Gasteiger partial charge in [0, 0.05) is 12.8 Å². The topological polar surface area (TPSA) is 95.9 Å². The molecule has 0 saturated carbocycles. The Balaban J connectivity index is 3.55. The Bertz CT molecular complexity index is 1080. The van der Waals surface area contributed by atoms with Crippen molar-refractivity contribution in [1.82, 2.24) is 5.32 Å². The molecule has 0 aromatic heterocycles. The molecule has 0 bridgehead atoms. The Labute approximate surface area is 397 Å². The second-order valence-corrected chi connectivity index (χ2v) is 18.9. The molecule has 0 aromatic carbocycles. The third-order valence-corrected chi connectivity index (χ3v) is 12.6. The molecule has 0 rings (SSSR count). The van der Waals surface area contributed by atoms with E-state index in [1.54, 1.807) is 6.08 Å². The van der Waals surface area contributed by atoms with Crippen molar-refractivity contribution in [2.24, 2.45) is 0 Å². The summed E-state index contributed by atoms with van der Waals surface area (Å²) in [5.41, 5.74) is 0. The monoisotopic (exact) mass is 898 g/mol. The molecule has 0 aliphatic carbocycles. The highest BCUT2D eigenvalue weighted by Gasteiger charge is 2.18. The van der Waals surface area contributed by atoms with E-state index in [1.165, 1.54) is 173 Å². The number of unbranched alkanes of at least 4 members (excludes halogenated alkanes) is 34. The lowest BCUT2D eigenvalue weighted by Gasteiger charge is -2.19. The molecule has 6 nitrogen and oxygen atoms in total. The SMILES string of the molecule is CCCCC/C=C\C/C=C\CCCCCCCC(=O)OCCCCCCCC/C=C\CCCCCC(=O)NC(CO)C(O)/C=C/CCCCCCCCCCCCCCCCCCC. The molecule has 3 N–H and O–H groups in total. The van der Waals surface area contributed by atoms with Crippen LogP contribution in [-0.2, 0) is 14.3 Å². The minimum absolute atomic E-state index is 0.0284. The molecule has 0 saturated heterocycles. The lowest BCUT2D eigenvalue weighted by atomic mass is 10.0. The highest BCUT2D eigenvalue weighted by atomic mass is 16.5. The second kappa shape index (κ2) is 53.4. The van der Waals surface area contributed by atoms with Crippen molar-refractivity contribution in [1.29, 1.82) is 0 Å². The van der Waals surface area contributed by atoms with E-state index < -0.39 is 12.1 Å². The van der Waals surface area contributed by atoms with Crippen LogP contribution in [0.4, 0.5) is 0 Å². The van der Waals surface area contributed by atoms with Crippen LogP contribution in [0, 0.1) is 0 Å². The number of aliphatic hydroxyl groups excluding tert-OH is 2. The van der Waals surface area contributed by atoms with Gasteiger partial charge >= 0.3 is 5.97 Å². The summed E-state index contributed by atoms with van der Waals surface area (Å²) in [6, 6.07) is -0.650. The Morgan fingerprint density at radius 3 is 1.25 bits per heavy atom. The van der Waals surface area contributed by atoms with Gasteiger partial charge in [-0.2, -0.15) is 0 Å². The van der Waals surface area contributed by atoms with Crippen molar-refractivity contribution >= 4 is 11.9 Å². The fourth-order valence-corrected chi connectivity index (χ4v) is 8.25. The van der Waals surface area contributed by atoms with Gasteiger partial charge in [-0.25, -0.2) is 0 Å². The Morgan fingerprint density at radius 1 is 0.438 bits per heavy atom. The van der Waals surface area contributed by atoms with Gasteiger partial charge in [0.05, 0.1) is 25.4 Å². The van der Waals surface area contributed by atoms with Crippen molar-refractivity contribution < 1.29 is 24.5 Å². The summed E-state index contributed by atoms with van der Waals surface area (Å²) in [5, 5.41) is 23.1. The first kappa shape index (κ1) is 61.8. The van der Waals surface area contributed by atoms with Gasteiger partial charge in [0.1, 0.15) is 0 Å². The maximum atomic E-state index is 12.5. The van der Waals surface area contributed by atoms with Gasteiger partial charge in [-0.05, 0) is 89.9 Å². The third-order valence-electron chi connectivity index (χ3n) is 12.6. The molecule has 0 spiro atoms. The first-order valence-electron chi connectivity index (χ1n) is 27.9. The number of hydrogen-bond acceptors (Lipinski definition) is 5. The van der Waals surface area contributed by atoms with Crippen LogP contribution in [0.25, 0.3) is 0 Å². The van der Waals surface area contributed by atoms with Crippen LogP contribution in [0.1, 0.15) is 284 Å². The molecule has 0 radical (unpaired) electrons. The van der Waals surface area contributed by atoms with Gasteiger partial charge in [-0.1, -0.05) is 229 Å². The van der Waals surface area contributed by atoms with E-state index >= 15 is 0 Å². The molecule has 374 valence electrons. The zero-order valence-corrected chi connectivity index (χ0v) is 42.5. The lowest BCUT2D eigenvalue weighted by molar-refractivity contribution is -0.143. The molecule has 1 amide bonds. The Hall–Kier alpha value is -2.18. The summed E-state index contributed by atoms with van der Waals surface area (Å²) in [6.07, 6.45) is 66.9. The highest BCUT2D eigenvalue weighted by molar-refractivity contribution is 5.76. The van der Waals surface area contributed by atoms with E-state index in [4.69, 9.17) is 4.74 Å². The summed E-state index contributed by atoms with van der Waals surface area (Å²) in [5.74, 6) is -0.127. The molecule has 0 fully saturated rings. The molecule has 0 aliphatic rings. The molecule has 0 aromatic rings. The van der Waals surface area contributed by atoms with Gasteiger partial charge in [-0.15, -0.1) is 0 Å². The molecule has 2 unspecified atom stereocenters. The molecule has 64 heavy (non-hydrogen) atoms. The van der Waals surface area contributed by atoms with Crippen LogP contribution in [0.15, 0.2) is 48.6 Å². The summed E-state index contributed by atoms with van der Waals surface area (Å²) in [7, 11) is 0. The number of esters is 1. The van der Waals surface area contributed by atoms with Gasteiger partial charge in [0.15, 0.2) is 0 Å². The predicted molar refractivity (Wildman–Crippen MR) is 278 cm³/mol. The highest BCUT2D eigenvalue weighted by Crippen LogP contribution is 2.16. The largest absolute Gasteiger partial charge is 0.466 e. The maximum absolute atomic E-state index is 12.5. The summed E-state index contributed by atoms with van der Waals surface area (Å²) < 4.78 is 5.45. The van der Waals surface area contributed by atoms with E-state index in [0.717, 1.165) is 83.5 Å². The van der Waals surface area contributed by atoms with Crippen molar-refractivity contribution in [3.63, 3.8) is 0 Å². The number of carbonyl (C=O) groups is 2. The summed E-state index contributed by atoms with van der Waals surface area (Å²) in [6.45, 7) is 4.83. The van der Waals surface area contributed by atoms with Gasteiger partial charge < -0.3 is 20.3 Å². The van der Waals surface area contributed by atoms with E-state index in [-0.39, 0.29) is 18.5 Å². The number of amides is 1. The normalized spacial score (nSPS) is 13.0. The van der Waals surface area contributed by atoms with E-state index in [2.05, 4.69) is 55.6 Å². The average Bonchev–Trinajstić information content (AvgIpc) is 3.29. The number of aliphatic hydroxyl groups is 2. The van der Waals surface area contributed by atoms with Crippen molar-refractivity contribution in [2.45, 2.75) is 296 Å². The third kappa shape index (κ3) is 49.3. The van der Waals surface area contributed by atoms with E-state index in [0.29, 0.717) is 19.4 Å². The smallest absolute Gasteiger partial charge is 0.305 e. The minimum atomic E-state index is -0.864. The number of rotatable bonds is 51. The lowest BCUT2D eigenvalue weighted by Crippen LogP contribution is -2.45. The number of carbonyl (C=O) groups excluding carboxylic acids is 2. The first-order chi connectivity index (χ1) is 31.5. The number of allylic oxidation sites excluding steroid dienone is 7. The van der Waals surface area contributed by atoms with E-state index in [9.17, 15) is 19.8 Å². The molecular weight excluding hydrogens is 791 g/mol. The minimum Gasteiger partial charge on any atom is -0.466 e. The quantitative estimate of drug-likeness (QED) is 0.0321. The van der Waals surface area contributed by atoms with Crippen LogP contribution < -0.4 is 5.32 Å². The zero-order valence-electron chi connectivity index (χ0n) is 42.5. The maximum Gasteiger partial charge on any atom is 0.305 e. The number of ether oxygens (including phenoxy) is 1. The van der Waals surface area contributed by atoms with Gasteiger partial charge in [0.2, 0.25) is 5.91 Å². The van der Waals surface area contributed by atoms with Crippen molar-refractivity contribution in [3.05, 3.63) is 48.6 Å². The molecule has 0 heterocycles. The fourth-order valence-electron chi connectivity index (χ4n) is 8.25. The van der Waals surface area contributed by atoms with Crippen molar-refractivity contribution in [2.75, 3.05) is 13.2 Å². The van der Waals surface area contributed by atoms with Crippen LogP contribution in [0.2, 0.25) is 0 Å². The standard InChI is InChI=1S/C58H107NO5/c1-3-5-7-9-11-13-15-17-19-20-21-22-24-26-30-34-38-42-46-50-56(61)55(54-60)59-57(62)51-47-43-39-35-31-27-25-29-33-37-41-45-49-53-64-58(63)52-48-44-40-36-32-28-23-18-16-14-12-10-8-6-4-2/h12,14,18,23,27,31,46,50,55-56,60-61H,3-11,13,15-17,19-22,24-26,28-30,32-45,47-49,51-54H2,1-2H3,(H,59,62)/b14-12-,23-18-,31-27-,50-46+. The van der Waals surface area contributed by atoms with Crippen LogP contribution >= 0.6 is 0 Å². The van der Waals surface area contributed by atoms with Crippen LogP contribution in [0.3, 0.4) is 0 Å². The Morgan fingerprint density at radius 2 is 0.781 bits per heavy atom. The number of nitrogens with one attached hydrogen (secondary N) is 1. The first-order valence-corrected chi connectivity index (χ1v) is 27.9. The number of hydrogen-bond donors (Lipinski definition) is 3. The fraction of sp³-hybridized carbons (Fsp3) is 0.828. The van der Waals surface area contributed by atoms with Crippen LogP contribution in [-0.4, -0.2) is 47.4 Å². The summed E-state index contributed by atoms with van der Waals surface area (Å²) >= 11 is 0. The molecule has 6 heteroatoms. The molecule has 2 atom stereocenters.